The van der Waals surface area contributed by atoms with Gasteiger partial charge in [0.05, 0.1) is 17.0 Å². The number of carbonyl (C=O) groups excluding carboxylic acids is 1. The van der Waals surface area contributed by atoms with E-state index in [1.807, 2.05) is 27.9 Å². The zero-order valence-electron chi connectivity index (χ0n) is 16.8. The van der Waals surface area contributed by atoms with Crippen LogP contribution in [0.15, 0.2) is 29.2 Å². The summed E-state index contributed by atoms with van der Waals surface area (Å²) in [5, 5.41) is 7.13. The van der Waals surface area contributed by atoms with Crippen LogP contribution in [-0.2, 0) is 28.3 Å². The van der Waals surface area contributed by atoms with Crippen molar-refractivity contribution in [2.45, 2.75) is 25.2 Å². The normalized spacial score (nSPS) is 16.3. The standard InChI is InChI=1S/C19H27N5O3S/c1-14-18(15(2)23(4)21-14)13-19(25)20-16-6-5-7-17(12-16)28(26,27)24-10-8-22(3)9-11-24/h5-7,12H,8-11,13H2,1-4H3,(H,20,25). The summed E-state index contributed by atoms with van der Waals surface area (Å²) < 4.78 is 29.0. The number of likely N-dealkylation sites (N-methyl/N-ethyl adjacent to an activating group) is 1. The van der Waals surface area contributed by atoms with Gasteiger partial charge < -0.3 is 10.2 Å². The van der Waals surface area contributed by atoms with Crippen LogP contribution in [0.3, 0.4) is 0 Å². The van der Waals surface area contributed by atoms with Crippen LogP contribution in [0, 0.1) is 13.8 Å². The van der Waals surface area contributed by atoms with Crippen molar-refractivity contribution in [3.05, 3.63) is 41.2 Å². The Labute approximate surface area is 166 Å². The molecule has 1 aliphatic heterocycles. The highest BCUT2D eigenvalue weighted by molar-refractivity contribution is 7.89. The first-order chi connectivity index (χ1) is 13.2. The van der Waals surface area contributed by atoms with Crippen LogP contribution >= 0.6 is 0 Å². The SMILES string of the molecule is Cc1nn(C)c(C)c1CC(=O)Nc1cccc(S(=O)(=O)N2CCN(C)CC2)c1. The molecule has 9 heteroatoms. The van der Waals surface area contributed by atoms with E-state index in [2.05, 4.69) is 15.3 Å². The zero-order chi connectivity index (χ0) is 20.5. The fourth-order valence-electron chi connectivity index (χ4n) is 3.35. The topological polar surface area (TPSA) is 87.5 Å². The smallest absolute Gasteiger partial charge is 0.243 e. The number of benzene rings is 1. The van der Waals surface area contributed by atoms with Gasteiger partial charge in [0.15, 0.2) is 0 Å². The predicted octanol–water partition coefficient (Wildman–Crippen LogP) is 1.15. The number of anilines is 1. The third kappa shape index (κ3) is 4.26. The van der Waals surface area contributed by atoms with Crippen molar-refractivity contribution in [1.82, 2.24) is 19.0 Å². The molecule has 1 fully saturated rings. The van der Waals surface area contributed by atoms with Crippen molar-refractivity contribution < 1.29 is 13.2 Å². The van der Waals surface area contributed by atoms with Crippen LogP contribution < -0.4 is 5.32 Å². The molecule has 1 saturated heterocycles. The molecule has 3 rings (SSSR count). The van der Waals surface area contributed by atoms with E-state index in [0.29, 0.717) is 31.9 Å². The highest BCUT2D eigenvalue weighted by Crippen LogP contribution is 2.21. The molecule has 0 saturated carbocycles. The third-order valence-corrected chi connectivity index (χ3v) is 7.11. The van der Waals surface area contributed by atoms with Gasteiger partial charge in [-0.15, -0.1) is 0 Å². The maximum absolute atomic E-state index is 12.9. The van der Waals surface area contributed by atoms with Crippen molar-refractivity contribution in [2.24, 2.45) is 7.05 Å². The highest BCUT2D eigenvalue weighted by atomic mass is 32.2. The lowest BCUT2D eigenvalue weighted by molar-refractivity contribution is -0.115. The van der Waals surface area contributed by atoms with Gasteiger partial charge >= 0.3 is 0 Å². The average Bonchev–Trinajstić information content (AvgIpc) is 2.88. The van der Waals surface area contributed by atoms with E-state index in [4.69, 9.17) is 0 Å². The summed E-state index contributed by atoms with van der Waals surface area (Å²) in [7, 11) is 0.251. The molecule has 0 atom stereocenters. The summed E-state index contributed by atoms with van der Waals surface area (Å²) >= 11 is 0. The lowest BCUT2D eigenvalue weighted by atomic mass is 10.1. The number of sulfonamides is 1. The number of rotatable bonds is 5. The van der Waals surface area contributed by atoms with E-state index in [-0.39, 0.29) is 17.2 Å². The number of aryl methyl sites for hydroxylation is 2. The Bertz CT molecular complexity index is 975. The van der Waals surface area contributed by atoms with Crippen LogP contribution in [0.1, 0.15) is 17.0 Å². The van der Waals surface area contributed by atoms with Crippen LogP contribution in [0.5, 0.6) is 0 Å². The Kier molecular flexibility index (Phi) is 5.87. The second-order valence-electron chi connectivity index (χ2n) is 7.23. The highest BCUT2D eigenvalue weighted by Gasteiger charge is 2.27. The summed E-state index contributed by atoms with van der Waals surface area (Å²) in [6.45, 7) is 6.15. The minimum atomic E-state index is -3.57. The van der Waals surface area contributed by atoms with E-state index < -0.39 is 10.0 Å². The molecular formula is C19H27N5O3S. The molecule has 1 N–H and O–H groups in total. The Hall–Kier alpha value is -2.23. The summed E-state index contributed by atoms with van der Waals surface area (Å²) in [5.74, 6) is -0.201. The molecular weight excluding hydrogens is 378 g/mol. The molecule has 2 aromatic rings. The minimum Gasteiger partial charge on any atom is -0.326 e. The van der Waals surface area contributed by atoms with Crippen molar-refractivity contribution in [2.75, 3.05) is 38.5 Å². The van der Waals surface area contributed by atoms with Crippen molar-refractivity contribution >= 4 is 21.6 Å². The van der Waals surface area contributed by atoms with Gasteiger partial charge in [-0.1, -0.05) is 6.07 Å². The second kappa shape index (κ2) is 8.02. The van der Waals surface area contributed by atoms with E-state index >= 15 is 0 Å². The third-order valence-electron chi connectivity index (χ3n) is 5.21. The number of amides is 1. The summed E-state index contributed by atoms with van der Waals surface area (Å²) in [6.07, 6.45) is 0.195. The van der Waals surface area contributed by atoms with Gasteiger partial charge in [-0.25, -0.2) is 8.42 Å². The van der Waals surface area contributed by atoms with Gasteiger partial charge in [-0.2, -0.15) is 9.40 Å². The van der Waals surface area contributed by atoms with Crippen LogP contribution in [-0.4, -0.2) is 66.5 Å². The van der Waals surface area contributed by atoms with Crippen molar-refractivity contribution in [3.8, 4) is 0 Å². The lowest BCUT2D eigenvalue weighted by Gasteiger charge is -2.31. The monoisotopic (exact) mass is 405 g/mol. The molecule has 0 radical (unpaired) electrons. The molecule has 2 heterocycles. The molecule has 1 amide bonds. The molecule has 0 bridgehead atoms. The molecule has 8 nitrogen and oxygen atoms in total. The number of carbonyl (C=O) groups is 1. The van der Waals surface area contributed by atoms with Crippen molar-refractivity contribution in [3.63, 3.8) is 0 Å². The lowest BCUT2D eigenvalue weighted by Crippen LogP contribution is -2.47. The Morgan fingerprint density at radius 2 is 1.82 bits per heavy atom. The molecule has 0 aliphatic carbocycles. The summed E-state index contributed by atoms with van der Waals surface area (Å²) in [6, 6.07) is 6.44. The number of nitrogens with one attached hydrogen (secondary N) is 1. The number of piperazine rings is 1. The first-order valence-electron chi connectivity index (χ1n) is 9.26. The first-order valence-corrected chi connectivity index (χ1v) is 10.7. The molecule has 0 spiro atoms. The van der Waals surface area contributed by atoms with Gasteiger partial charge in [-0.05, 0) is 39.1 Å². The summed E-state index contributed by atoms with van der Waals surface area (Å²) in [5.41, 5.74) is 3.13. The number of hydrogen-bond acceptors (Lipinski definition) is 5. The van der Waals surface area contributed by atoms with E-state index in [0.717, 1.165) is 17.0 Å². The Morgan fingerprint density at radius 1 is 1.14 bits per heavy atom. The first kappa shape index (κ1) is 20.5. The van der Waals surface area contributed by atoms with Gasteiger partial charge in [0.25, 0.3) is 0 Å². The second-order valence-corrected chi connectivity index (χ2v) is 9.17. The van der Waals surface area contributed by atoms with E-state index in [9.17, 15) is 13.2 Å². The molecule has 1 aromatic carbocycles. The Morgan fingerprint density at radius 3 is 2.43 bits per heavy atom. The summed E-state index contributed by atoms with van der Waals surface area (Å²) in [4.78, 5) is 14.8. The van der Waals surface area contributed by atoms with Gasteiger partial charge in [-0.3, -0.25) is 9.48 Å². The quantitative estimate of drug-likeness (QED) is 0.806. The molecule has 152 valence electrons. The molecule has 1 aromatic heterocycles. The average molecular weight is 406 g/mol. The zero-order valence-corrected chi connectivity index (χ0v) is 17.6. The maximum atomic E-state index is 12.9. The van der Waals surface area contributed by atoms with Crippen LogP contribution in [0.25, 0.3) is 0 Å². The van der Waals surface area contributed by atoms with Crippen LogP contribution in [0.2, 0.25) is 0 Å². The van der Waals surface area contributed by atoms with Crippen molar-refractivity contribution in [1.29, 1.82) is 0 Å². The van der Waals surface area contributed by atoms with E-state index in [1.165, 1.54) is 10.4 Å². The molecule has 1 aliphatic rings. The number of nitrogens with zero attached hydrogens (tertiary/aromatic N) is 4. The molecule has 0 unspecified atom stereocenters. The largest absolute Gasteiger partial charge is 0.326 e. The van der Waals surface area contributed by atoms with Gasteiger partial charge in [0, 0.05) is 50.2 Å². The predicted molar refractivity (Wildman–Crippen MR) is 108 cm³/mol. The minimum absolute atomic E-state index is 0.195. The number of hydrogen-bond donors (Lipinski definition) is 1. The molecule has 28 heavy (non-hydrogen) atoms. The Balaban J connectivity index is 1.73. The number of aromatic nitrogens is 2. The fourth-order valence-corrected chi connectivity index (χ4v) is 4.82. The maximum Gasteiger partial charge on any atom is 0.243 e. The van der Waals surface area contributed by atoms with Gasteiger partial charge in [0.2, 0.25) is 15.9 Å². The van der Waals surface area contributed by atoms with Gasteiger partial charge in [0.1, 0.15) is 0 Å². The van der Waals surface area contributed by atoms with Crippen LogP contribution in [0.4, 0.5) is 5.69 Å². The fraction of sp³-hybridized carbons (Fsp3) is 0.474. The van der Waals surface area contributed by atoms with E-state index in [1.54, 1.807) is 22.9 Å².